The van der Waals surface area contributed by atoms with Crippen molar-refractivity contribution >= 4 is 43.5 Å². The third kappa shape index (κ3) is 2.38. The molecule has 2 aliphatic rings. The van der Waals surface area contributed by atoms with Crippen LogP contribution in [0.4, 0.5) is 0 Å². The highest BCUT2D eigenvalue weighted by Crippen LogP contribution is 2.41. The van der Waals surface area contributed by atoms with E-state index in [4.69, 9.17) is 9.31 Å². The molecule has 1 aromatic rings. The highest BCUT2D eigenvalue weighted by Gasteiger charge is 2.52. The quantitative estimate of drug-likeness (QED) is 0.544. The summed E-state index contributed by atoms with van der Waals surface area (Å²) < 4.78 is 14.5. The Hall–Kier alpha value is 0.0849. The summed E-state index contributed by atoms with van der Waals surface area (Å²) in [7, 11) is 1.48. The maximum Gasteiger partial charge on any atom is 0.490 e. The van der Waals surface area contributed by atoms with Crippen LogP contribution in [-0.4, -0.2) is 22.3 Å². The van der Waals surface area contributed by atoms with Gasteiger partial charge in [-0.3, -0.25) is 3.97 Å². The summed E-state index contributed by atoms with van der Waals surface area (Å²) in [6.45, 7) is 8.41. The molecule has 108 valence electrons. The Morgan fingerprint density at radius 2 is 1.85 bits per heavy atom. The first kappa shape index (κ1) is 15.0. The third-order valence-corrected chi connectivity index (χ3v) is 6.35. The van der Waals surface area contributed by atoms with Crippen LogP contribution in [0.5, 0.6) is 0 Å². The second-order valence-corrected chi connectivity index (χ2v) is 8.14. The monoisotopic (exact) mass is 403 g/mol. The predicted octanol–water partition coefficient (Wildman–Crippen LogP) is 4.30. The molecular formula is C14H19BINO2S. The van der Waals surface area contributed by atoms with E-state index in [1.54, 1.807) is 9.12 Å². The molecule has 0 N–H and O–H groups in total. The van der Waals surface area contributed by atoms with Crippen LogP contribution in [0.1, 0.15) is 45.4 Å². The molecule has 1 fully saturated rings. The van der Waals surface area contributed by atoms with E-state index >= 15 is 0 Å². The van der Waals surface area contributed by atoms with Gasteiger partial charge >= 0.3 is 7.12 Å². The molecule has 1 aliphatic heterocycles. The summed E-state index contributed by atoms with van der Waals surface area (Å²) in [5, 5.41) is 0. The average molecular weight is 403 g/mol. The van der Waals surface area contributed by atoms with E-state index in [0.29, 0.717) is 0 Å². The first-order valence-corrected chi connectivity index (χ1v) is 10.2. The van der Waals surface area contributed by atoms with Crippen molar-refractivity contribution in [2.45, 2.75) is 51.7 Å². The zero-order valence-corrected chi connectivity index (χ0v) is 15.2. The summed E-state index contributed by atoms with van der Waals surface area (Å²) >= 11 is 2.31. The zero-order valence-electron chi connectivity index (χ0n) is 12.3. The molecular weight excluding hydrogens is 384 g/mol. The second-order valence-electron chi connectivity index (χ2n) is 6.43. The molecule has 6 heteroatoms. The van der Waals surface area contributed by atoms with Crippen LogP contribution in [-0.2, 0) is 15.7 Å². The fourth-order valence-electron chi connectivity index (χ4n) is 2.60. The molecule has 0 unspecified atom stereocenters. The van der Waals surface area contributed by atoms with Crippen LogP contribution in [0.3, 0.4) is 0 Å². The second kappa shape index (κ2) is 5.07. The lowest BCUT2D eigenvalue weighted by Gasteiger charge is -2.32. The van der Waals surface area contributed by atoms with E-state index in [-0.39, 0.29) is 18.3 Å². The van der Waals surface area contributed by atoms with Crippen molar-refractivity contribution in [3.63, 3.8) is 0 Å². The number of hydrogen-bond donors (Lipinski definition) is 0. The minimum absolute atomic E-state index is 0.212. The number of rotatable bonds is 2. The molecule has 1 aliphatic carbocycles. The van der Waals surface area contributed by atoms with E-state index < -0.39 is 0 Å². The van der Waals surface area contributed by atoms with Gasteiger partial charge in [-0.05, 0) is 63.7 Å². The van der Waals surface area contributed by atoms with Gasteiger partial charge in [-0.15, -0.1) is 0 Å². The molecule has 3 nitrogen and oxygen atoms in total. The molecule has 0 aromatic carbocycles. The van der Waals surface area contributed by atoms with E-state index in [0.717, 1.165) is 12.8 Å². The van der Waals surface area contributed by atoms with Gasteiger partial charge in [0.2, 0.25) is 0 Å². The number of fused-ring (bicyclic) bond motifs is 1. The van der Waals surface area contributed by atoms with Gasteiger partial charge in [0.1, 0.15) is 0 Å². The number of aromatic nitrogens is 1. The Bertz CT molecular complexity index is 552. The number of halogens is 1. The minimum atomic E-state index is -0.265. The molecule has 0 radical (unpaired) electrons. The summed E-state index contributed by atoms with van der Waals surface area (Å²) in [6.07, 6.45) is 6.45. The first-order chi connectivity index (χ1) is 9.34. The molecule has 2 heterocycles. The summed E-state index contributed by atoms with van der Waals surface area (Å²) in [4.78, 5) is 0. The molecule has 0 amide bonds. The molecule has 0 atom stereocenters. The number of nitrogens with zero attached hydrogens (tertiary/aromatic N) is 1. The Kier molecular flexibility index (Phi) is 3.80. The minimum Gasteiger partial charge on any atom is -0.400 e. The molecule has 1 aromatic heterocycles. The highest BCUT2D eigenvalue weighted by molar-refractivity contribution is 14.2. The molecule has 0 saturated carbocycles. The molecule has 20 heavy (non-hydrogen) atoms. The van der Waals surface area contributed by atoms with Crippen LogP contribution in [0.25, 0.3) is 6.08 Å². The zero-order chi connectivity index (χ0) is 14.5. The van der Waals surface area contributed by atoms with Crippen molar-refractivity contribution in [3.05, 3.63) is 29.0 Å². The Labute approximate surface area is 137 Å². The molecule has 0 bridgehead atoms. The van der Waals surface area contributed by atoms with E-state index in [9.17, 15) is 0 Å². The van der Waals surface area contributed by atoms with E-state index in [2.05, 4.69) is 71.2 Å². The highest BCUT2D eigenvalue weighted by atomic mass is 127. The van der Waals surface area contributed by atoms with Gasteiger partial charge < -0.3 is 9.31 Å². The smallest absolute Gasteiger partial charge is 0.400 e. The first-order valence-electron chi connectivity index (χ1n) is 6.89. The normalized spacial score (nSPS) is 23.6. The van der Waals surface area contributed by atoms with E-state index in [1.807, 2.05) is 0 Å². The van der Waals surface area contributed by atoms with Gasteiger partial charge in [0.15, 0.2) is 0 Å². The van der Waals surface area contributed by atoms with Crippen molar-refractivity contribution < 1.29 is 9.31 Å². The van der Waals surface area contributed by atoms with Crippen LogP contribution in [0.2, 0.25) is 0 Å². The number of aryl methyl sites for hydroxylation is 1. The van der Waals surface area contributed by atoms with Crippen molar-refractivity contribution in [1.82, 2.24) is 3.97 Å². The Morgan fingerprint density at radius 3 is 2.45 bits per heavy atom. The molecule has 3 rings (SSSR count). The Morgan fingerprint density at radius 1 is 1.20 bits per heavy atom. The summed E-state index contributed by atoms with van der Waals surface area (Å²) in [6, 6.07) is 2.21. The van der Waals surface area contributed by atoms with Gasteiger partial charge in [0.25, 0.3) is 0 Å². The van der Waals surface area contributed by atoms with E-state index in [1.165, 1.54) is 16.7 Å². The molecule has 0 spiro atoms. The lowest BCUT2D eigenvalue weighted by Crippen LogP contribution is -2.41. The topological polar surface area (TPSA) is 23.4 Å². The fraction of sp³-hybridized carbons (Fsp3) is 0.571. The lowest BCUT2D eigenvalue weighted by molar-refractivity contribution is 0.00578. The fourth-order valence-corrected chi connectivity index (χ4v) is 3.98. The van der Waals surface area contributed by atoms with Gasteiger partial charge in [-0.1, -0.05) is 0 Å². The summed E-state index contributed by atoms with van der Waals surface area (Å²) in [5.74, 6) is 0. The predicted molar refractivity (Wildman–Crippen MR) is 93.8 cm³/mol. The number of hydrogen-bond acceptors (Lipinski definition) is 3. The lowest BCUT2D eigenvalue weighted by atomic mass is 9.72. The van der Waals surface area contributed by atoms with Crippen molar-refractivity contribution in [2.75, 3.05) is 0 Å². The van der Waals surface area contributed by atoms with Crippen LogP contribution in [0, 0.1) is 0 Å². The average Bonchev–Trinajstić information content (AvgIpc) is 2.87. The standard InChI is InChI=1S/C14H19BINO2S/c1-13(2)14(3,4)19-15(18-13)11-6-5-10-7-8-17(20-16)12(10)9-11/h7-9H,5-6H2,1-4H3. The largest absolute Gasteiger partial charge is 0.490 e. The van der Waals surface area contributed by atoms with Crippen LogP contribution < -0.4 is 0 Å². The SMILES string of the molecule is CC1(C)OB(C2=Cc3c(ccn3SI)CC2)OC1(C)C. The van der Waals surface area contributed by atoms with Gasteiger partial charge in [-0.2, -0.15) is 0 Å². The van der Waals surface area contributed by atoms with Gasteiger partial charge in [-0.25, -0.2) is 0 Å². The van der Waals surface area contributed by atoms with Crippen molar-refractivity contribution in [2.24, 2.45) is 0 Å². The van der Waals surface area contributed by atoms with Crippen LogP contribution in [0.15, 0.2) is 17.7 Å². The maximum absolute atomic E-state index is 6.16. The number of allylic oxidation sites excluding steroid dienone is 1. The van der Waals surface area contributed by atoms with Crippen molar-refractivity contribution in [3.8, 4) is 0 Å². The van der Waals surface area contributed by atoms with Crippen molar-refractivity contribution in [1.29, 1.82) is 0 Å². The summed E-state index contributed by atoms with van der Waals surface area (Å²) in [5.41, 5.74) is 3.41. The third-order valence-electron chi connectivity index (χ3n) is 4.61. The maximum atomic E-state index is 6.16. The Balaban J connectivity index is 1.90. The van der Waals surface area contributed by atoms with Crippen LogP contribution >= 0.6 is 30.3 Å². The van der Waals surface area contributed by atoms with Gasteiger partial charge in [0, 0.05) is 36.5 Å². The van der Waals surface area contributed by atoms with Gasteiger partial charge in [0.05, 0.1) is 16.9 Å². The molecule has 1 saturated heterocycles.